The molecule has 0 bridgehead atoms. The molecule has 7 rings (SSSR count). The fraction of sp³-hybridized carbons (Fsp3) is 0.184. The number of carbonyl (C=O) groups is 2. The van der Waals surface area contributed by atoms with Crippen molar-refractivity contribution >= 4 is 33.6 Å². The summed E-state index contributed by atoms with van der Waals surface area (Å²) in [5.74, 6) is 1.34. The van der Waals surface area contributed by atoms with Crippen molar-refractivity contribution < 1.29 is 14.3 Å². The molecule has 4 heterocycles. The van der Waals surface area contributed by atoms with Gasteiger partial charge in [-0.05, 0) is 53.1 Å². The molecule has 7 aromatic rings. The SMILES string of the molecule is COc1ccc(Cn2c(C(Cc3c[nH]c4ccccc34)NC(C)=O)nnc2[C@@H](Cc2c[nH]c3ccccc23)NC(=O)c2ccccn2)cc1. The minimum absolute atomic E-state index is 0.191. The van der Waals surface area contributed by atoms with Gasteiger partial charge in [-0.1, -0.05) is 54.6 Å². The standard InChI is InChI=1S/C38H36N8O3/c1-24(47)42-34(19-26-21-40-31-11-5-3-9-29(26)31)36-44-45-37(46(36)23-25-14-16-28(49-2)17-15-25)35(43-38(48)33-13-7-8-18-39-33)20-27-22-41-32-12-6-4-10-30(27)32/h3-18,21-22,34-35,40-41H,19-20,23H2,1-2H3,(H,42,47)(H,43,48)/t34?,35-/m1/s1. The average molecular weight is 653 g/mol. The first-order valence-electron chi connectivity index (χ1n) is 16.1. The van der Waals surface area contributed by atoms with Crippen molar-refractivity contribution in [2.75, 3.05) is 7.11 Å². The molecule has 3 aromatic carbocycles. The molecule has 4 aromatic heterocycles. The number of fused-ring (bicyclic) bond motifs is 2. The Balaban J connectivity index is 1.34. The molecule has 0 saturated heterocycles. The van der Waals surface area contributed by atoms with Crippen LogP contribution < -0.4 is 15.4 Å². The molecular weight excluding hydrogens is 616 g/mol. The van der Waals surface area contributed by atoms with Gasteiger partial charge in [-0.25, -0.2) is 0 Å². The molecule has 4 N–H and O–H groups in total. The largest absolute Gasteiger partial charge is 0.497 e. The normalized spacial score (nSPS) is 12.5. The second kappa shape index (κ2) is 13.9. The molecule has 246 valence electrons. The molecular formula is C38H36N8O3. The van der Waals surface area contributed by atoms with Crippen molar-refractivity contribution in [1.82, 2.24) is 40.3 Å². The highest BCUT2D eigenvalue weighted by Gasteiger charge is 2.29. The number of aromatic nitrogens is 6. The van der Waals surface area contributed by atoms with Crippen LogP contribution in [-0.2, 0) is 24.2 Å². The van der Waals surface area contributed by atoms with E-state index in [0.717, 1.165) is 44.2 Å². The van der Waals surface area contributed by atoms with E-state index < -0.39 is 12.1 Å². The summed E-state index contributed by atoms with van der Waals surface area (Å²) in [6.07, 6.45) is 6.43. The second-order valence-corrected chi connectivity index (χ2v) is 12.0. The zero-order valence-electron chi connectivity index (χ0n) is 27.2. The van der Waals surface area contributed by atoms with Crippen LogP contribution in [0.4, 0.5) is 0 Å². The first-order chi connectivity index (χ1) is 24.0. The quantitative estimate of drug-likeness (QED) is 0.131. The van der Waals surface area contributed by atoms with Gasteiger partial charge in [0.15, 0.2) is 11.6 Å². The van der Waals surface area contributed by atoms with Crippen LogP contribution in [-0.4, -0.2) is 48.6 Å². The number of hydrogen-bond acceptors (Lipinski definition) is 6. The summed E-state index contributed by atoms with van der Waals surface area (Å²) in [5, 5.41) is 18.0. The van der Waals surface area contributed by atoms with Gasteiger partial charge >= 0.3 is 0 Å². The number of aromatic amines is 2. The number of carbonyl (C=O) groups excluding carboxylic acids is 2. The van der Waals surface area contributed by atoms with Crippen LogP contribution in [0.3, 0.4) is 0 Å². The van der Waals surface area contributed by atoms with Crippen LogP contribution in [0.1, 0.15) is 57.8 Å². The summed E-state index contributed by atoms with van der Waals surface area (Å²) in [7, 11) is 1.63. The average Bonchev–Trinajstić information content (AvgIpc) is 3.85. The van der Waals surface area contributed by atoms with Crippen molar-refractivity contribution in [2.45, 2.75) is 38.4 Å². The lowest BCUT2D eigenvalue weighted by molar-refractivity contribution is -0.119. The molecule has 0 aliphatic rings. The number of pyridine rings is 1. The Morgan fingerprint density at radius 3 is 1.88 bits per heavy atom. The van der Waals surface area contributed by atoms with Crippen molar-refractivity contribution in [3.8, 4) is 5.75 Å². The number of methoxy groups -OCH3 is 1. The zero-order valence-corrected chi connectivity index (χ0v) is 27.2. The molecule has 0 fully saturated rings. The number of nitrogens with one attached hydrogen (secondary N) is 4. The maximum atomic E-state index is 13.7. The number of rotatable bonds is 12. The Bertz CT molecular complexity index is 2220. The lowest BCUT2D eigenvalue weighted by Gasteiger charge is -2.23. The lowest BCUT2D eigenvalue weighted by Crippen LogP contribution is -2.34. The highest BCUT2D eigenvalue weighted by molar-refractivity contribution is 5.92. The number of hydrogen-bond donors (Lipinski definition) is 4. The van der Waals surface area contributed by atoms with Gasteiger partial charge < -0.3 is 29.9 Å². The molecule has 0 saturated carbocycles. The summed E-state index contributed by atoms with van der Waals surface area (Å²) in [6.45, 7) is 1.88. The van der Waals surface area contributed by atoms with Crippen LogP contribution in [0, 0.1) is 0 Å². The van der Waals surface area contributed by atoms with Gasteiger partial charge in [0.2, 0.25) is 5.91 Å². The van der Waals surface area contributed by atoms with Gasteiger partial charge in [-0.15, -0.1) is 10.2 Å². The summed E-state index contributed by atoms with van der Waals surface area (Å²) < 4.78 is 7.42. The van der Waals surface area contributed by atoms with Gasteiger partial charge in [0.1, 0.15) is 11.4 Å². The smallest absolute Gasteiger partial charge is 0.270 e. The van der Waals surface area contributed by atoms with Gasteiger partial charge in [-0.3, -0.25) is 14.6 Å². The third-order valence-electron chi connectivity index (χ3n) is 8.71. The van der Waals surface area contributed by atoms with Crippen LogP contribution in [0.25, 0.3) is 21.8 Å². The maximum absolute atomic E-state index is 13.7. The van der Waals surface area contributed by atoms with Crippen LogP contribution in [0.5, 0.6) is 5.75 Å². The first kappa shape index (κ1) is 31.4. The number of ether oxygens (including phenoxy) is 1. The molecule has 49 heavy (non-hydrogen) atoms. The maximum Gasteiger partial charge on any atom is 0.270 e. The van der Waals surface area contributed by atoms with Crippen LogP contribution in [0.15, 0.2) is 110 Å². The molecule has 2 amide bonds. The summed E-state index contributed by atoms with van der Waals surface area (Å²) in [5.41, 5.74) is 5.32. The number of nitrogens with zero attached hydrogens (tertiary/aromatic N) is 4. The van der Waals surface area contributed by atoms with Crippen LogP contribution >= 0.6 is 0 Å². The van der Waals surface area contributed by atoms with Crippen LogP contribution in [0.2, 0.25) is 0 Å². The number of amides is 2. The minimum atomic E-state index is -0.598. The van der Waals surface area contributed by atoms with E-state index in [9.17, 15) is 9.59 Å². The summed E-state index contributed by atoms with van der Waals surface area (Å²) >= 11 is 0. The Labute approximate surface area is 282 Å². The Kier molecular flexibility index (Phi) is 8.88. The molecule has 0 radical (unpaired) electrons. The van der Waals surface area contributed by atoms with E-state index >= 15 is 0 Å². The van der Waals surface area contributed by atoms with E-state index in [4.69, 9.17) is 14.9 Å². The van der Waals surface area contributed by atoms with Gasteiger partial charge in [-0.2, -0.15) is 0 Å². The summed E-state index contributed by atoms with van der Waals surface area (Å²) in [6, 6.07) is 28.0. The third-order valence-corrected chi connectivity index (χ3v) is 8.71. The highest BCUT2D eigenvalue weighted by atomic mass is 16.5. The van der Waals surface area contributed by atoms with Crippen molar-refractivity contribution in [3.05, 3.63) is 144 Å². The third kappa shape index (κ3) is 6.77. The monoisotopic (exact) mass is 652 g/mol. The Hall–Kier alpha value is -6.23. The molecule has 0 aliphatic carbocycles. The van der Waals surface area contributed by atoms with E-state index in [0.29, 0.717) is 36.7 Å². The zero-order chi connectivity index (χ0) is 33.7. The highest BCUT2D eigenvalue weighted by Crippen LogP contribution is 2.29. The lowest BCUT2D eigenvalue weighted by atomic mass is 10.0. The number of H-pyrrole nitrogens is 2. The fourth-order valence-corrected chi connectivity index (χ4v) is 6.35. The topological polar surface area (TPSA) is 143 Å². The van der Waals surface area contributed by atoms with E-state index in [-0.39, 0.29) is 11.8 Å². The fourth-order valence-electron chi connectivity index (χ4n) is 6.35. The molecule has 11 heteroatoms. The van der Waals surface area contributed by atoms with E-state index in [1.807, 2.05) is 77.6 Å². The summed E-state index contributed by atoms with van der Waals surface area (Å²) in [4.78, 5) is 37.3. The molecule has 1 unspecified atom stereocenters. The Morgan fingerprint density at radius 2 is 1.33 bits per heavy atom. The van der Waals surface area contributed by atoms with E-state index in [1.165, 1.54) is 6.92 Å². The van der Waals surface area contributed by atoms with Crippen molar-refractivity contribution in [3.63, 3.8) is 0 Å². The second-order valence-electron chi connectivity index (χ2n) is 12.0. The first-order valence-corrected chi connectivity index (χ1v) is 16.1. The van der Waals surface area contributed by atoms with Gasteiger partial charge in [0.05, 0.1) is 25.7 Å². The van der Waals surface area contributed by atoms with E-state index in [1.54, 1.807) is 31.5 Å². The minimum Gasteiger partial charge on any atom is -0.497 e. The molecule has 11 nitrogen and oxygen atoms in total. The Morgan fingerprint density at radius 1 is 0.755 bits per heavy atom. The van der Waals surface area contributed by atoms with Gasteiger partial charge in [0, 0.05) is 60.2 Å². The molecule has 2 atom stereocenters. The molecule has 0 aliphatic heterocycles. The number of benzene rings is 3. The molecule has 0 spiro atoms. The van der Waals surface area contributed by atoms with E-state index in [2.05, 4.69) is 37.7 Å². The van der Waals surface area contributed by atoms with Crippen molar-refractivity contribution in [2.24, 2.45) is 0 Å². The predicted molar refractivity (Wildman–Crippen MR) is 187 cm³/mol. The predicted octanol–water partition coefficient (Wildman–Crippen LogP) is 5.83. The number of para-hydroxylation sites is 2. The van der Waals surface area contributed by atoms with Gasteiger partial charge in [0.25, 0.3) is 5.91 Å². The van der Waals surface area contributed by atoms with Crippen molar-refractivity contribution in [1.29, 1.82) is 0 Å².